The first kappa shape index (κ1) is 27.5. The molecule has 0 saturated heterocycles. The third kappa shape index (κ3) is 7.39. The molecule has 1 aliphatic rings. The zero-order valence-corrected chi connectivity index (χ0v) is 22.5. The fourth-order valence-electron chi connectivity index (χ4n) is 4.50. The van der Waals surface area contributed by atoms with Crippen molar-refractivity contribution in [1.29, 1.82) is 0 Å². The van der Waals surface area contributed by atoms with Gasteiger partial charge in [0.15, 0.2) is 0 Å². The Morgan fingerprint density at radius 1 is 1.22 bits per heavy atom. The molecule has 0 radical (unpaired) electrons. The Balaban J connectivity index is 0.00000363. The van der Waals surface area contributed by atoms with E-state index in [9.17, 15) is 20.1 Å². The molecule has 1 aromatic heterocycles. The molecule has 3 atom stereocenters. The Morgan fingerprint density at radius 2 is 1.97 bits per heavy atom. The smallest absolute Gasteiger partial charge is 0.550 e. The number of aliphatic hydroxyl groups is 2. The fraction of sp³-hybridized carbons (Fsp3) is 0.500. The molecular weight excluding hydrogens is 429 g/mol. The molecule has 168 valence electrons. The monoisotopic (exact) mass is 463 g/mol. The number of unbranched alkanes of at least 4 members (excludes halogenated alkanes) is 3. The summed E-state index contributed by atoms with van der Waals surface area (Å²) in [5, 5.41) is 31.7. The van der Waals surface area contributed by atoms with Crippen LogP contribution in [-0.4, -0.2) is 33.0 Å². The Bertz CT molecular complexity index is 877. The van der Waals surface area contributed by atoms with E-state index in [0.717, 1.165) is 61.2 Å². The molecule has 1 aliphatic carbocycles. The quantitative estimate of drug-likeness (QED) is 0.272. The number of carboxylic acid groups (broad SMARTS) is 1. The van der Waals surface area contributed by atoms with Crippen LogP contribution in [0.3, 0.4) is 0 Å². The number of carbonyl (C=O) groups excluding carboxylic acids is 1. The summed E-state index contributed by atoms with van der Waals surface area (Å²) >= 11 is 0. The van der Waals surface area contributed by atoms with E-state index in [1.807, 2.05) is 30.4 Å². The van der Waals surface area contributed by atoms with Gasteiger partial charge in [-0.1, -0.05) is 56.5 Å². The van der Waals surface area contributed by atoms with Crippen molar-refractivity contribution in [3.63, 3.8) is 0 Å². The number of aliphatic carboxylic acids is 1. The maximum absolute atomic E-state index is 10.7. The van der Waals surface area contributed by atoms with E-state index in [0.29, 0.717) is 12.8 Å². The molecule has 5 nitrogen and oxygen atoms in total. The summed E-state index contributed by atoms with van der Waals surface area (Å²) in [5.74, 6) is -1.14. The molecule has 1 aromatic carbocycles. The SMILES string of the molecule is CCCCC[C@H](O)C=C[C@@H]1c2cc(CCCCC(=O)[O-])n(-c3ccccc3)c2C[C@H]1O.[K+]. The van der Waals surface area contributed by atoms with Gasteiger partial charge in [-0.25, -0.2) is 0 Å². The Hall–Kier alpha value is -0.734. The number of carboxylic acids is 1. The number of hydrogen-bond acceptors (Lipinski definition) is 4. The Labute approximate surface area is 234 Å². The number of rotatable bonds is 12. The van der Waals surface area contributed by atoms with E-state index in [4.69, 9.17) is 0 Å². The molecule has 0 amide bonds. The second-order valence-electron chi connectivity index (χ2n) is 8.53. The molecular formula is C26H34KNO4. The van der Waals surface area contributed by atoms with E-state index in [1.165, 1.54) is 0 Å². The van der Waals surface area contributed by atoms with Crippen LogP contribution in [0, 0.1) is 0 Å². The minimum atomic E-state index is -1.01. The largest absolute Gasteiger partial charge is 1.00 e. The minimum absolute atomic E-state index is 0. The fourth-order valence-corrected chi connectivity index (χ4v) is 4.50. The van der Waals surface area contributed by atoms with Gasteiger partial charge in [-0.3, -0.25) is 0 Å². The van der Waals surface area contributed by atoms with Gasteiger partial charge in [0.1, 0.15) is 0 Å². The van der Waals surface area contributed by atoms with Gasteiger partial charge in [0.2, 0.25) is 0 Å². The van der Waals surface area contributed by atoms with Gasteiger partial charge < -0.3 is 24.7 Å². The van der Waals surface area contributed by atoms with Crippen molar-refractivity contribution in [1.82, 2.24) is 4.57 Å². The third-order valence-corrected chi connectivity index (χ3v) is 6.11. The first-order valence-corrected chi connectivity index (χ1v) is 11.5. The number of benzene rings is 1. The van der Waals surface area contributed by atoms with Crippen molar-refractivity contribution >= 4 is 5.97 Å². The van der Waals surface area contributed by atoms with Crippen molar-refractivity contribution in [3.05, 3.63) is 65.5 Å². The number of hydrogen-bond donors (Lipinski definition) is 2. The predicted octanol–water partition coefficient (Wildman–Crippen LogP) is 0.442. The van der Waals surface area contributed by atoms with Crippen molar-refractivity contribution < 1.29 is 71.5 Å². The van der Waals surface area contributed by atoms with Gasteiger partial charge in [-0.05, 0) is 55.9 Å². The molecule has 32 heavy (non-hydrogen) atoms. The standard InChI is InChI=1S/C26H35NO4.K/c1-2-3-5-13-21(28)15-16-22-23-17-20(12-8-9-14-26(30)31)27(24(23)18-25(22)29)19-10-6-4-7-11-19;/h4,6-7,10-11,15-17,21-22,25,28-29H,2-3,5,8-9,12-14,18H2,1H3,(H,30,31);/q;+1/p-1/t21-,22+,25+;/m0./s1. The van der Waals surface area contributed by atoms with Gasteiger partial charge in [0.05, 0.1) is 12.2 Å². The van der Waals surface area contributed by atoms with Crippen LogP contribution in [0.25, 0.3) is 5.69 Å². The van der Waals surface area contributed by atoms with Crippen molar-refractivity contribution in [2.45, 2.75) is 82.8 Å². The van der Waals surface area contributed by atoms with Crippen molar-refractivity contribution in [2.75, 3.05) is 0 Å². The van der Waals surface area contributed by atoms with E-state index < -0.39 is 18.2 Å². The van der Waals surface area contributed by atoms with Crippen LogP contribution in [0.4, 0.5) is 0 Å². The zero-order chi connectivity index (χ0) is 22.2. The zero-order valence-electron chi connectivity index (χ0n) is 19.4. The number of carbonyl (C=O) groups is 1. The number of fused-ring (bicyclic) bond motifs is 1. The van der Waals surface area contributed by atoms with Crippen LogP contribution >= 0.6 is 0 Å². The number of aliphatic hydroxyl groups excluding tert-OH is 2. The number of para-hydroxylation sites is 1. The Morgan fingerprint density at radius 3 is 2.66 bits per heavy atom. The normalized spacial score (nSPS) is 18.5. The predicted molar refractivity (Wildman–Crippen MR) is 120 cm³/mol. The summed E-state index contributed by atoms with van der Waals surface area (Å²) in [5.41, 5.74) is 4.38. The minimum Gasteiger partial charge on any atom is -0.550 e. The van der Waals surface area contributed by atoms with E-state index in [1.54, 1.807) is 0 Å². The molecule has 1 heterocycles. The van der Waals surface area contributed by atoms with Crippen LogP contribution in [-0.2, 0) is 17.6 Å². The van der Waals surface area contributed by atoms with Gasteiger partial charge in [-0.2, -0.15) is 0 Å². The molecule has 2 aromatic rings. The van der Waals surface area contributed by atoms with E-state index in [-0.39, 0.29) is 63.7 Å². The summed E-state index contributed by atoms with van der Waals surface area (Å²) in [4.78, 5) is 10.7. The summed E-state index contributed by atoms with van der Waals surface area (Å²) in [6.07, 6.45) is 9.54. The molecule has 0 saturated carbocycles. The van der Waals surface area contributed by atoms with Crippen LogP contribution in [0.5, 0.6) is 0 Å². The van der Waals surface area contributed by atoms with E-state index >= 15 is 0 Å². The van der Waals surface area contributed by atoms with Crippen LogP contribution in [0.1, 0.15) is 74.7 Å². The van der Waals surface area contributed by atoms with Crippen molar-refractivity contribution in [3.8, 4) is 5.69 Å². The average Bonchev–Trinajstić information content (AvgIpc) is 3.24. The molecule has 6 heteroatoms. The average molecular weight is 464 g/mol. The maximum atomic E-state index is 10.7. The molecule has 0 aliphatic heterocycles. The van der Waals surface area contributed by atoms with Gasteiger partial charge in [-0.15, -0.1) is 0 Å². The summed E-state index contributed by atoms with van der Waals surface area (Å²) in [6.45, 7) is 2.15. The first-order valence-electron chi connectivity index (χ1n) is 11.5. The van der Waals surface area contributed by atoms with Gasteiger partial charge >= 0.3 is 51.4 Å². The summed E-state index contributed by atoms with van der Waals surface area (Å²) in [7, 11) is 0. The summed E-state index contributed by atoms with van der Waals surface area (Å²) < 4.78 is 2.21. The van der Waals surface area contributed by atoms with Gasteiger partial charge in [0, 0.05) is 35.4 Å². The summed E-state index contributed by atoms with van der Waals surface area (Å²) in [6, 6.07) is 12.2. The second-order valence-corrected chi connectivity index (χ2v) is 8.53. The number of aryl methyl sites for hydroxylation is 1. The van der Waals surface area contributed by atoms with Crippen molar-refractivity contribution in [2.24, 2.45) is 0 Å². The van der Waals surface area contributed by atoms with Crippen LogP contribution in [0.15, 0.2) is 48.6 Å². The topological polar surface area (TPSA) is 85.5 Å². The van der Waals surface area contributed by atoms with Crippen LogP contribution < -0.4 is 56.5 Å². The molecule has 0 fully saturated rings. The van der Waals surface area contributed by atoms with Crippen LogP contribution in [0.2, 0.25) is 0 Å². The van der Waals surface area contributed by atoms with E-state index in [2.05, 4.69) is 29.7 Å². The second kappa shape index (κ2) is 13.8. The molecule has 2 N–H and O–H groups in total. The molecule has 3 rings (SSSR count). The number of nitrogens with zero attached hydrogens (tertiary/aromatic N) is 1. The maximum Gasteiger partial charge on any atom is 1.00 e. The molecule has 0 bridgehead atoms. The number of aromatic nitrogens is 1. The Kier molecular flexibility index (Phi) is 11.9. The molecule has 0 unspecified atom stereocenters. The van der Waals surface area contributed by atoms with Gasteiger partial charge in [0.25, 0.3) is 0 Å². The third-order valence-electron chi connectivity index (χ3n) is 6.11. The molecule has 0 spiro atoms. The first-order chi connectivity index (χ1) is 15.0.